The summed E-state index contributed by atoms with van der Waals surface area (Å²) >= 11 is 0. The molecule has 0 fully saturated rings. The average Bonchev–Trinajstić information content (AvgIpc) is 2.53. The van der Waals surface area contributed by atoms with Crippen LogP contribution in [0.1, 0.15) is 15.9 Å². The van der Waals surface area contributed by atoms with Gasteiger partial charge in [-0.25, -0.2) is 4.79 Å². The highest BCUT2D eigenvalue weighted by molar-refractivity contribution is 5.89. The average molecular weight is 272 g/mol. The zero-order valence-corrected chi connectivity index (χ0v) is 11.5. The molecule has 0 aliphatic carbocycles. The summed E-state index contributed by atoms with van der Waals surface area (Å²) in [5.74, 6) is 1.15. The predicted octanol–water partition coefficient (Wildman–Crippen LogP) is 3.06. The molecule has 0 unspecified atom stereocenters. The van der Waals surface area contributed by atoms with Gasteiger partial charge >= 0.3 is 5.97 Å². The maximum absolute atomic E-state index is 11.3. The molecule has 104 valence electrons. The van der Waals surface area contributed by atoms with Crippen molar-refractivity contribution in [2.45, 2.75) is 6.61 Å². The monoisotopic (exact) mass is 272 g/mol. The lowest BCUT2D eigenvalue weighted by Gasteiger charge is -2.08. The van der Waals surface area contributed by atoms with E-state index in [1.807, 2.05) is 36.4 Å². The van der Waals surface area contributed by atoms with E-state index in [0.29, 0.717) is 12.2 Å². The van der Waals surface area contributed by atoms with E-state index in [1.54, 1.807) is 19.2 Å². The number of hydrogen-bond donors (Lipinski definition) is 0. The fourth-order valence-electron chi connectivity index (χ4n) is 1.71. The van der Waals surface area contributed by atoms with Crippen LogP contribution in [0, 0.1) is 0 Å². The highest BCUT2D eigenvalue weighted by Gasteiger charge is 2.04. The van der Waals surface area contributed by atoms with Crippen LogP contribution in [0.15, 0.2) is 48.5 Å². The van der Waals surface area contributed by atoms with Crippen molar-refractivity contribution in [3.63, 3.8) is 0 Å². The topological polar surface area (TPSA) is 44.8 Å². The first-order valence-electron chi connectivity index (χ1n) is 6.17. The van der Waals surface area contributed by atoms with Gasteiger partial charge in [0.05, 0.1) is 19.8 Å². The molecule has 0 aromatic heterocycles. The molecule has 0 radical (unpaired) electrons. The van der Waals surface area contributed by atoms with Crippen molar-refractivity contribution < 1.29 is 19.0 Å². The molecule has 20 heavy (non-hydrogen) atoms. The molecule has 0 bridgehead atoms. The fourth-order valence-corrected chi connectivity index (χ4v) is 1.71. The minimum Gasteiger partial charge on any atom is -0.497 e. The van der Waals surface area contributed by atoms with Crippen LogP contribution in [-0.4, -0.2) is 20.2 Å². The van der Waals surface area contributed by atoms with E-state index in [2.05, 4.69) is 4.74 Å². The molecule has 0 amide bonds. The maximum atomic E-state index is 11.3. The molecule has 2 aromatic rings. The van der Waals surface area contributed by atoms with E-state index in [4.69, 9.17) is 9.47 Å². The van der Waals surface area contributed by atoms with Crippen molar-refractivity contribution in [3.05, 3.63) is 59.7 Å². The van der Waals surface area contributed by atoms with Crippen molar-refractivity contribution in [1.29, 1.82) is 0 Å². The third-order valence-electron chi connectivity index (χ3n) is 2.82. The first kappa shape index (κ1) is 13.9. The molecule has 4 heteroatoms. The van der Waals surface area contributed by atoms with Gasteiger partial charge in [0.1, 0.15) is 18.1 Å². The Kier molecular flexibility index (Phi) is 4.60. The molecule has 0 spiro atoms. The Morgan fingerprint density at radius 3 is 2.35 bits per heavy atom. The maximum Gasteiger partial charge on any atom is 0.337 e. The van der Waals surface area contributed by atoms with E-state index >= 15 is 0 Å². The molecular formula is C16H16O4. The Morgan fingerprint density at radius 1 is 1.00 bits per heavy atom. The summed E-state index contributed by atoms with van der Waals surface area (Å²) in [7, 11) is 2.98. The molecular weight excluding hydrogens is 256 g/mol. The standard InChI is InChI=1S/C16H16O4/c1-18-14-4-3-5-15(10-14)20-11-12-6-8-13(9-7-12)16(17)19-2/h3-10H,11H2,1-2H3. The molecule has 0 saturated carbocycles. The number of carbonyl (C=O) groups excluding carboxylic acids is 1. The largest absolute Gasteiger partial charge is 0.497 e. The van der Waals surface area contributed by atoms with Gasteiger partial charge in [-0.05, 0) is 29.8 Å². The minimum atomic E-state index is -0.342. The summed E-state index contributed by atoms with van der Waals surface area (Å²) in [4.78, 5) is 11.3. The summed E-state index contributed by atoms with van der Waals surface area (Å²) in [6.07, 6.45) is 0. The van der Waals surface area contributed by atoms with E-state index in [9.17, 15) is 4.79 Å². The van der Waals surface area contributed by atoms with Gasteiger partial charge in [0, 0.05) is 6.07 Å². The van der Waals surface area contributed by atoms with E-state index < -0.39 is 0 Å². The van der Waals surface area contributed by atoms with Gasteiger partial charge in [-0.15, -0.1) is 0 Å². The first-order valence-corrected chi connectivity index (χ1v) is 6.17. The Labute approximate surface area is 117 Å². The van der Waals surface area contributed by atoms with Gasteiger partial charge < -0.3 is 14.2 Å². The van der Waals surface area contributed by atoms with Crippen LogP contribution in [0.5, 0.6) is 11.5 Å². The third-order valence-corrected chi connectivity index (χ3v) is 2.82. The van der Waals surface area contributed by atoms with Crippen LogP contribution in [0.2, 0.25) is 0 Å². The van der Waals surface area contributed by atoms with Gasteiger partial charge in [-0.2, -0.15) is 0 Å². The molecule has 0 aliphatic heterocycles. The SMILES string of the molecule is COC(=O)c1ccc(COc2cccc(OC)c2)cc1. The van der Waals surface area contributed by atoms with Gasteiger partial charge in [-0.1, -0.05) is 18.2 Å². The molecule has 4 nitrogen and oxygen atoms in total. The lowest BCUT2D eigenvalue weighted by atomic mass is 10.1. The van der Waals surface area contributed by atoms with E-state index in [1.165, 1.54) is 7.11 Å². The van der Waals surface area contributed by atoms with Crippen LogP contribution in [-0.2, 0) is 11.3 Å². The van der Waals surface area contributed by atoms with Crippen LogP contribution in [0.4, 0.5) is 0 Å². The number of hydrogen-bond acceptors (Lipinski definition) is 4. The van der Waals surface area contributed by atoms with E-state index in [-0.39, 0.29) is 5.97 Å². The van der Waals surface area contributed by atoms with Crippen molar-refractivity contribution in [3.8, 4) is 11.5 Å². The summed E-state index contributed by atoms with van der Waals surface area (Å²) in [6.45, 7) is 0.425. The van der Waals surface area contributed by atoms with Gasteiger partial charge in [0.25, 0.3) is 0 Å². The van der Waals surface area contributed by atoms with Gasteiger partial charge in [0.2, 0.25) is 0 Å². The van der Waals surface area contributed by atoms with Crippen LogP contribution < -0.4 is 9.47 Å². The lowest BCUT2D eigenvalue weighted by Crippen LogP contribution is -2.02. The summed E-state index contributed by atoms with van der Waals surface area (Å²) in [5.41, 5.74) is 1.50. The summed E-state index contributed by atoms with van der Waals surface area (Å²) in [5, 5.41) is 0. The fraction of sp³-hybridized carbons (Fsp3) is 0.188. The quantitative estimate of drug-likeness (QED) is 0.785. The second kappa shape index (κ2) is 6.61. The molecule has 2 aromatic carbocycles. The first-order chi connectivity index (χ1) is 9.72. The predicted molar refractivity (Wildman–Crippen MR) is 75.1 cm³/mol. The molecule has 0 N–H and O–H groups in total. The Balaban J connectivity index is 1.98. The Morgan fingerprint density at radius 2 is 1.70 bits per heavy atom. The number of rotatable bonds is 5. The van der Waals surface area contributed by atoms with Crippen LogP contribution >= 0.6 is 0 Å². The second-order valence-corrected chi connectivity index (χ2v) is 4.16. The highest BCUT2D eigenvalue weighted by Crippen LogP contribution is 2.20. The van der Waals surface area contributed by atoms with Crippen LogP contribution in [0.25, 0.3) is 0 Å². The molecule has 2 rings (SSSR count). The molecule has 0 saturated heterocycles. The van der Waals surface area contributed by atoms with Gasteiger partial charge in [0.15, 0.2) is 0 Å². The number of esters is 1. The third kappa shape index (κ3) is 3.51. The Hall–Kier alpha value is -2.49. The Bertz CT molecular complexity index is 575. The zero-order chi connectivity index (χ0) is 14.4. The van der Waals surface area contributed by atoms with Crippen molar-refractivity contribution in [1.82, 2.24) is 0 Å². The molecule has 0 atom stereocenters. The van der Waals surface area contributed by atoms with E-state index in [0.717, 1.165) is 17.1 Å². The number of carbonyl (C=O) groups is 1. The van der Waals surface area contributed by atoms with Crippen molar-refractivity contribution in [2.75, 3.05) is 14.2 Å². The van der Waals surface area contributed by atoms with Crippen molar-refractivity contribution >= 4 is 5.97 Å². The zero-order valence-electron chi connectivity index (χ0n) is 11.5. The second-order valence-electron chi connectivity index (χ2n) is 4.16. The molecule has 0 heterocycles. The molecule has 0 aliphatic rings. The smallest absolute Gasteiger partial charge is 0.337 e. The number of benzene rings is 2. The van der Waals surface area contributed by atoms with Crippen LogP contribution in [0.3, 0.4) is 0 Å². The number of ether oxygens (including phenoxy) is 3. The highest BCUT2D eigenvalue weighted by atomic mass is 16.5. The van der Waals surface area contributed by atoms with Gasteiger partial charge in [-0.3, -0.25) is 0 Å². The lowest BCUT2D eigenvalue weighted by molar-refractivity contribution is 0.0600. The normalized spacial score (nSPS) is 9.90. The minimum absolute atomic E-state index is 0.342. The number of methoxy groups -OCH3 is 2. The summed E-state index contributed by atoms with van der Waals surface area (Å²) in [6, 6.07) is 14.5. The summed E-state index contributed by atoms with van der Waals surface area (Å²) < 4.78 is 15.4. The van der Waals surface area contributed by atoms with Crippen molar-refractivity contribution in [2.24, 2.45) is 0 Å².